The Morgan fingerprint density at radius 3 is 2.40 bits per heavy atom. The summed E-state index contributed by atoms with van der Waals surface area (Å²) in [5, 5.41) is 16.0. The molecular weight excluding hydrogens is 128 g/mol. The van der Waals surface area contributed by atoms with Gasteiger partial charge in [-0.25, -0.2) is 0 Å². The van der Waals surface area contributed by atoms with Gasteiger partial charge in [0, 0.05) is 0 Å². The average Bonchev–Trinajstić information content (AvgIpc) is 2.11. The van der Waals surface area contributed by atoms with Gasteiger partial charge in [0.15, 0.2) is 0 Å². The van der Waals surface area contributed by atoms with Crippen LogP contribution in [0.15, 0.2) is 6.20 Å². The summed E-state index contributed by atoms with van der Waals surface area (Å²) in [6, 6.07) is 0. The van der Waals surface area contributed by atoms with Gasteiger partial charge in [-0.15, -0.1) is 0 Å². The van der Waals surface area contributed by atoms with Gasteiger partial charge in [-0.1, -0.05) is 0 Å². The molecule has 0 unspecified atom stereocenters. The SMILES string of the molecule is Cc1cn[nH]c1C(C)(C)O. The molecule has 1 heterocycles. The molecule has 0 saturated heterocycles. The number of nitrogens with zero attached hydrogens (tertiary/aromatic N) is 1. The quantitative estimate of drug-likeness (QED) is 0.610. The Labute approximate surface area is 60.1 Å². The van der Waals surface area contributed by atoms with Crippen molar-refractivity contribution in [2.45, 2.75) is 26.4 Å². The topological polar surface area (TPSA) is 48.9 Å². The highest BCUT2D eigenvalue weighted by Gasteiger charge is 2.19. The van der Waals surface area contributed by atoms with E-state index in [1.165, 1.54) is 0 Å². The second-order valence-electron chi connectivity index (χ2n) is 2.99. The smallest absolute Gasteiger partial charge is 0.101 e. The Kier molecular flexibility index (Phi) is 1.52. The van der Waals surface area contributed by atoms with Crippen molar-refractivity contribution in [3.8, 4) is 0 Å². The molecule has 0 radical (unpaired) electrons. The summed E-state index contributed by atoms with van der Waals surface area (Å²) in [6.07, 6.45) is 1.70. The van der Waals surface area contributed by atoms with Crippen molar-refractivity contribution in [2.24, 2.45) is 0 Å². The minimum Gasteiger partial charge on any atom is -0.384 e. The molecule has 0 amide bonds. The number of aliphatic hydroxyl groups is 1. The Morgan fingerprint density at radius 2 is 2.20 bits per heavy atom. The fraction of sp³-hybridized carbons (Fsp3) is 0.571. The largest absolute Gasteiger partial charge is 0.384 e. The molecule has 0 fully saturated rings. The molecule has 0 saturated carbocycles. The molecule has 10 heavy (non-hydrogen) atoms. The molecule has 0 atom stereocenters. The molecular formula is C7H12N2O. The molecule has 0 aliphatic rings. The number of aromatic nitrogens is 2. The molecule has 0 spiro atoms. The van der Waals surface area contributed by atoms with E-state index in [1.807, 2.05) is 6.92 Å². The first-order valence-electron chi connectivity index (χ1n) is 3.24. The van der Waals surface area contributed by atoms with E-state index in [9.17, 15) is 5.11 Å². The fourth-order valence-corrected chi connectivity index (χ4v) is 0.966. The average molecular weight is 140 g/mol. The summed E-state index contributed by atoms with van der Waals surface area (Å²) in [6.45, 7) is 5.37. The van der Waals surface area contributed by atoms with Gasteiger partial charge >= 0.3 is 0 Å². The van der Waals surface area contributed by atoms with Crippen molar-refractivity contribution >= 4 is 0 Å². The van der Waals surface area contributed by atoms with Crippen molar-refractivity contribution in [1.82, 2.24) is 10.2 Å². The maximum absolute atomic E-state index is 9.49. The maximum Gasteiger partial charge on any atom is 0.101 e. The molecule has 56 valence electrons. The molecule has 3 heteroatoms. The van der Waals surface area contributed by atoms with Crippen LogP contribution in [0.3, 0.4) is 0 Å². The van der Waals surface area contributed by atoms with Gasteiger partial charge in [0.05, 0.1) is 11.9 Å². The minimum atomic E-state index is -0.805. The van der Waals surface area contributed by atoms with Crippen molar-refractivity contribution in [2.75, 3.05) is 0 Å². The summed E-state index contributed by atoms with van der Waals surface area (Å²) < 4.78 is 0. The van der Waals surface area contributed by atoms with Crippen LogP contribution in [0.2, 0.25) is 0 Å². The van der Waals surface area contributed by atoms with Gasteiger partial charge in [0.2, 0.25) is 0 Å². The molecule has 0 aromatic carbocycles. The van der Waals surface area contributed by atoms with Gasteiger partial charge in [0.1, 0.15) is 5.60 Å². The summed E-state index contributed by atoms with van der Waals surface area (Å²) >= 11 is 0. The summed E-state index contributed by atoms with van der Waals surface area (Å²) in [5.74, 6) is 0. The van der Waals surface area contributed by atoms with Crippen LogP contribution >= 0.6 is 0 Å². The van der Waals surface area contributed by atoms with Gasteiger partial charge in [0.25, 0.3) is 0 Å². The zero-order chi connectivity index (χ0) is 7.78. The summed E-state index contributed by atoms with van der Waals surface area (Å²) in [4.78, 5) is 0. The number of hydrogen-bond acceptors (Lipinski definition) is 2. The van der Waals surface area contributed by atoms with Crippen LogP contribution < -0.4 is 0 Å². The molecule has 0 aliphatic heterocycles. The van der Waals surface area contributed by atoms with Crippen LogP contribution in [0.1, 0.15) is 25.1 Å². The third-order valence-electron chi connectivity index (χ3n) is 1.44. The molecule has 3 nitrogen and oxygen atoms in total. The molecule has 0 bridgehead atoms. The lowest BCUT2D eigenvalue weighted by Gasteiger charge is -2.15. The number of aromatic amines is 1. The van der Waals surface area contributed by atoms with Crippen LogP contribution in [0.5, 0.6) is 0 Å². The van der Waals surface area contributed by atoms with Crippen LogP contribution in [0.4, 0.5) is 0 Å². The van der Waals surface area contributed by atoms with E-state index >= 15 is 0 Å². The third-order valence-corrected chi connectivity index (χ3v) is 1.44. The van der Waals surface area contributed by atoms with Crippen molar-refractivity contribution < 1.29 is 5.11 Å². The van der Waals surface area contributed by atoms with Gasteiger partial charge in [-0.05, 0) is 26.3 Å². The molecule has 1 aromatic heterocycles. The molecule has 1 aromatic rings. The normalized spacial score (nSPS) is 12.0. The van der Waals surface area contributed by atoms with E-state index < -0.39 is 5.60 Å². The Hall–Kier alpha value is -0.830. The Bertz CT molecular complexity index is 222. The van der Waals surface area contributed by atoms with Crippen LogP contribution in [0.25, 0.3) is 0 Å². The zero-order valence-electron chi connectivity index (χ0n) is 6.47. The first kappa shape index (κ1) is 7.28. The third kappa shape index (κ3) is 1.19. The first-order chi connectivity index (χ1) is 4.52. The summed E-state index contributed by atoms with van der Waals surface area (Å²) in [7, 11) is 0. The van der Waals surface area contributed by atoms with Crippen molar-refractivity contribution in [3.05, 3.63) is 17.5 Å². The van der Waals surface area contributed by atoms with E-state index in [1.54, 1.807) is 20.0 Å². The van der Waals surface area contributed by atoms with Crippen molar-refractivity contribution in [3.63, 3.8) is 0 Å². The van der Waals surface area contributed by atoms with Crippen LogP contribution in [-0.4, -0.2) is 15.3 Å². The number of H-pyrrole nitrogens is 1. The molecule has 1 rings (SSSR count). The first-order valence-corrected chi connectivity index (χ1v) is 3.24. The second kappa shape index (κ2) is 2.09. The predicted octanol–water partition coefficient (Wildman–Crippen LogP) is 0.946. The standard InChI is InChI=1S/C7H12N2O/c1-5-4-8-9-6(5)7(2,3)10/h4,10H,1-3H3,(H,8,9). The fourth-order valence-electron chi connectivity index (χ4n) is 0.966. The Morgan fingerprint density at radius 1 is 1.60 bits per heavy atom. The van der Waals surface area contributed by atoms with Gasteiger partial charge in [-0.2, -0.15) is 5.10 Å². The predicted molar refractivity (Wildman–Crippen MR) is 38.6 cm³/mol. The second-order valence-corrected chi connectivity index (χ2v) is 2.99. The summed E-state index contributed by atoms with van der Waals surface area (Å²) in [5.41, 5.74) is 0.973. The van der Waals surface area contributed by atoms with E-state index in [0.717, 1.165) is 11.3 Å². The minimum absolute atomic E-state index is 0.785. The highest BCUT2D eigenvalue weighted by molar-refractivity contribution is 5.19. The van der Waals surface area contributed by atoms with Crippen LogP contribution in [-0.2, 0) is 5.60 Å². The van der Waals surface area contributed by atoms with E-state index in [4.69, 9.17) is 0 Å². The molecule has 0 aliphatic carbocycles. The number of aryl methyl sites for hydroxylation is 1. The maximum atomic E-state index is 9.49. The van der Waals surface area contributed by atoms with E-state index in [-0.39, 0.29) is 0 Å². The van der Waals surface area contributed by atoms with Crippen molar-refractivity contribution in [1.29, 1.82) is 0 Å². The lowest BCUT2D eigenvalue weighted by Crippen LogP contribution is -2.17. The van der Waals surface area contributed by atoms with E-state index in [2.05, 4.69) is 10.2 Å². The monoisotopic (exact) mass is 140 g/mol. The number of rotatable bonds is 1. The Balaban J connectivity index is 3.05. The number of nitrogens with one attached hydrogen (secondary N) is 1. The van der Waals surface area contributed by atoms with Crippen LogP contribution in [0, 0.1) is 6.92 Å². The lowest BCUT2D eigenvalue weighted by atomic mass is 10.0. The lowest BCUT2D eigenvalue weighted by molar-refractivity contribution is 0.0731. The highest BCUT2D eigenvalue weighted by atomic mass is 16.3. The number of hydrogen-bond donors (Lipinski definition) is 2. The van der Waals surface area contributed by atoms with Gasteiger partial charge < -0.3 is 5.11 Å². The zero-order valence-corrected chi connectivity index (χ0v) is 6.47. The molecule has 2 N–H and O–H groups in total. The highest BCUT2D eigenvalue weighted by Crippen LogP contribution is 2.19. The van der Waals surface area contributed by atoms with E-state index in [0.29, 0.717) is 0 Å². The van der Waals surface area contributed by atoms with Gasteiger partial charge in [-0.3, -0.25) is 5.10 Å².